The van der Waals surface area contributed by atoms with Crippen LogP contribution >= 0.6 is 11.3 Å². The lowest BCUT2D eigenvalue weighted by Gasteiger charge is -2.20. The van der Waals surface area contributed by atoms with Crippen LogP contribution in [0, 0.1) is 17.2 Å². The summed E-state index contributed by atoms with van der Waals surface area (Å²) >= 11 is 1.52. The van der Waals surface area contributed by atoms with Crippen LogP contribution in [-0.2, 0) is 22.4 Å². The molecule has 2 amide bonds. The minimum Gasteiger partial charge on any atom is -0.353 e. The highest BCUT2D eigenvalue weighted by Crippen LogP contribution is 2.39. The zero-order valence-corrected chi connectivity index (χ0v) is 16.8. The summed E-state index contributed by atoms with van der Waals surface area (Å²) in [5.41, 5.74) is 1.72. The van der Waals surface area contributed by atoms with Gasteiger partial charge in [-0.25, -0.2) is 0 Å². The number of carbonyl (C=O) groups is 2. The second-order valence-corrected chi connectivity index (χ2v) is 8.35. The van der Waals surface area contributed by atoms with E-state index in [0.717, 1.165) is 24.8 Å². The van der Waals surface area contributed by atoms with Crippen molar-refractivity contribution in [2.45, 2.75) is 53.0 Å². The van der Waals surface area contributed by atoms with E-state index in [-0.39, 0.29) is 30.9 Å². The number of carbonyl (C=O) groups excluding carboxylic acids is 2. The largest absolute Gasteiger partial charge is 0.353 e. The van der Waals surface area contributed by atoms with Gasteiger partial charge in [0, 0.05) is 10.9 Å². The van der Waals surface area contributed by atoms with Crippen molar-refractivity contribution in [1.82, 2.24) is 10.2 Å². The van der Waals surface area contributed by atoms with Gasteiger partial charge in [0.2, 0.25) is 11.8 Å². The van der Waals surface area contributed by atoms with E-state index >= 15 is 0 Å². The SMILES string of the molecule is CCN(CC(=O)Nc1sc2c(c1C#N)CC[C@H](C)C2)CC(=O)NC(C)C. The van der Waals surface area contributed by atoms with Gasteiger partial charge in [-0.05, 0) is 51.1 Å². The van der Waals surface area contributed by atoms with E-state index in [1.165, 1.54) is 16.2 Å². The van der Waals surface area contributed by atoms with Crippen LogP contribution in [0.1, 0.15) is 50.1 Å². The lowest BCUT2D eigenvalue weighted by atomic mass is 9.89. The maximum Gasteiger partial charge on any atom is 0.239 e. The molecule has 1 aromatic rings. The molecular formula is C19H28N4O2S. The summed E-state index contributed by atoms with van der Waals surface area (Å²) in [4.78, 5) is 27.4. The van der Waals surface area contributed by atoms with Crippen LogP contribution in [0.25, 0.3) is 0 Å². The Morgan fingerprint density at radius 1 is 1.35 bits per heavy atom. The van der Waals surface area contributed by atoms with E-state index < -0.39 is 0 Å². The number of hydrogen-bond donors (Lipinski definition) is 2. The quantitative estimate of drug-likeness (QED) is 0.766. The summed E-state index contributed by atoms with van der Waals surface area (Å²) in [6.07, 6.45) is 2.96. The molecule has 26 heavy (non-hydrogen) atoms. The van der Waals surface area contributed by atoms with Gasteiger partial charge in [-0.15, -0.1) is 11.3 Å². The van der Waals surface area contributed by atoms with E-state index in [1.54, 1.807) is 4.90 Å². The third-order valence-corrected chi connectivity index (χ3v) is 5.68. The maximum absolute atomic E-state index is 12.4. The first-order valence-corrected chi connectivity index (χ1v) is 10.0. The highest BCUT2D eigenvalue weighted by molar-refractivity contribution is 7.16. The molecule has 7 heteroatoms. The predicted molar refractivity (Wildman–Crippen MR) is 104 cm³/mol. The van der Waals surface area contributed by atoms with Crippen molar-refractivity contribution in [3.63, 3.8) is 0 Å². The minimum atomic E-state index is -0.188. The number of rotatable bonds is 7. The molecule has 0 radical (unpaired) electrons. The molecule has 0 spiro atoms. The average Bonchev–Trinajstić information content (AvgIpc) is 2.88. The first-order chi connectivity index (χ1) is 12.3. The Kier molecular flexibility index (Phi) is 7.18. The van der Waals surface area contributed by atoms with Crippen LogP contribution in [0.5, 0.6) is 0 Å². The molecule has 0 fully saturated rings. The Labute approximate surface area is 159 Å². The topological polar surface area (TPSA) is 85.2 Å². The molecule has 1 aliphatic carbocycles. The summed E-state index contributed by atoms with van der Waals surface area (Å²) in [7, 11) is 0. The second kappa shape index (κ2) is 9.15. The van der Waals surface area contributed by atoms with Crippen molar-refractivity contribution in [1.29, 1.82) is 5.26 Å². The molecule has 0 bridgehead atoms. The Morgan fingerprint density at radius 3 is 2.65 bits per heavy atom. The van der Waals surface area contributed by atoms with E-state index in [0.29, 0.717) is 23.0 Å². The highest BCUT2D eigenvalue weighted by Gasteiger charge is 2.25. The van der Waals surface area contributed by atoms with Gasteiger partial charge in [0.05, 0.1) is 18.7 Å². The third-order valence-electron chi connectivity index (χ3n) is 4.51. The second-order valence-electron chi connectivity index (χ2n) is 7.24. The van der Waals surface area contributed by atoms with E-state index in [1.807, 2.05) is 20.8 Å². The number of nitrogens with zero attached hydrogens (tertiary/aromatic N) is 2. The summed E-state index contributed by atoms with van der Waals surface area (Å²) in [5, 5.41) is 15.9. The number of likely N-dealkylation sites (N-methyl/N-ethyl adjacent to an activating group) is 1. The highest BCUT2D eigenvalue weighted by atomic mass is 32.1. The van der Waals surface area contributed by atoms with Gasteiger partial charge in [-0.2, -0.15) is 5.26 Å². The van der Waals surface area contributed by atoms with Crippen molar-refractivity contribution in [2.75, 3.05) is 25.0 Å². The summed E-state index contributed by atoms with van der Waals surface area (Å²) in [6.45, 7) is 8.86. The van der Waals surface area contributed by atoms with Crippen molar-refractivity contribution in [3.05, 3.63) is 16.0 Å². The van der Waals surface area contributed by atoms with Crippen LogP contribution in [0.3, 0.4) is 0 Å². The Hall–Kier alpha value is -1.91. The van der Waals surface area contributed by atoms with Gasteiger partial charge < -0.3 is 10.6 Å². The zero-order chi connectivity index (χ0) is 19.3. The lowest BCUT2D eigenvalue weighted by Crippen LogP contribution is -2.42. The molecule has 1 aliphatic rings. The van der Waals surface area contributed by atoms with Gasteiger partial charge in [0.15, 0.2) is 0 Å². The fourth-order valence-corrected chi connectivity index (χ4v) is 4.55. The molecule has 2 rings (SSSR count). The van der Waals surface area contributed by atoms with Crippen LogP contribution in [0.2, 0.25) is 0 Å². The predicted octanol–water partition coefficient (Wildman–Crippen LogP) is 2.53. The molecule has 142 valence electrons. The molecule has 1 atom stereocenters. The average molecular weight is 377 g/mol. The summed E-state index contributed by atoms with van der Waals surface area (Å²) in [6, 6.07) is 2.34. The van der Waals surface area contributed by atoms with Crippen molar-refractivity contribution in [3.8, 4) is 6.07 Å². The number of anilines is 1. The lowest BCUT2D eigenvalue weighted by molar-refractivity contribution is -0.123. The smallest absolute Gasteiger partial charge is 0.239 e. The summed E-state index contributed by atoms with van der Waals surface area (Å²) in [5.74, 6) is 0.339. The maximum atomic E-state index is 12.4. The molecule has 6 nitrogen and oxygen atoms in total. The molecule has 2 N–H and O–H groups in total. The number of thiophene rings is 1. The first-order valence-electron chi connectivity index (χ1n) is 9.20. The van der Waals surface area contributed by atoms with Crippen LogP contribution in [0.15, 0.2) is 0 Å². The molecule has 1 heterocycles. The van der Waals surface area contributed by atoms with Crippen LogP contribution < -0.4 is 10.6 Å². The number of nitriles is 1. The molecule has 0 aliphatic heterocycles. The third kappa shape index (κ3) is 5.29. The van der Waals surface area contributed by atoms with Crippen LogP contribution in [0.4, 0.5) is 5.00 Å². The van der Waals surface area contributed by atoms with Gasteiger partial charge in [0.25, 0.3) is 0 Å². The van der Waals surface area contributed by atoms with E-state index in [4.69, 9.17) is 0 Å². The monoisotopic (exact) mass is 376 g/mol. The minimum absolute atomic E-state index is 0.0769. The fraction of sp³-hybridized carbons (Fsp3) is 0.632. The van der Waals surface area contributed by atoms with Crippen molar-refractivity contribution in [2.24, 2.45) is 5.92 Å². The van der Waals surface area contributed by atoms with Gasteiger partial charge >= 0.3 is 0 Å². The fourth-order valence-electron chi connectivity index (χ4n) is 3.18. The van der Waals surface area contributed by atoms with E-state index in [2.05, 4.69) is 23.6 Å². The van der Waals surface area contributed by atoms with Crippen LogP contribution in [-0.4, -0.2) is 42.4 Å². The molecule has 0 unspecified atom stereocenters. The Balaban J connectivity index is 2.01. The number of nitrogens with one attached hydrogen (secondary N) is 2. The normalized spacial score (nSPS) is 16.3. The molecule has 0 saturated heterocycles. The standard InChI is InChI=1S/C19H28N4O2S/c1-5-23(10-17(24)21-12(2)3)11-18(25)22-19-15(9-20)14-7-6-13(4)8-16(14)26-19/h12-13H,5-8,10-11H2,1-4H3,(H,21,24)(H,22,25)/t13-/m0/s1. The molecule has 1 aromatic heterocycles. The Morgan fingerprint density at radius 2 is 2.04 bits per heavy atom. The van der Waals surface area contributed by atoms with Gasteiger partial charge in [0.1, 0.15) is 11.1 Å². The molecule has 0 aromatic carbocycles. The number of hydrogen-bond acceptors (Lipinski definition) is 5. The number of fused-ring (bicyclic) bond motifs is 1. The Bertz CT molecular complexity index is 705. The van der Waals surface area contributed by atoms with Crippen molar-refractivity contribution >= 4 is 28.2 Å². The molecular weight excluding hydrogens is 348 g/mol. The molecule has 0 saturated carbocycles. The van der Waals surface area contributed by atoms with Crippen molar-refractivity contribution < 1.29 is 9.59 Å². The zero-order valence-electron chi connectivity index (χ0n) is 16.0. The van der Waals surface area contributed by atoms with Gasteiger partial charge in [-0.1, -0.05) is 13.8 Å². The first kappa shape index (κ1) is 20.4. The van der Waals surface area contributed by atoms with E-state index in [9.17, 15) is 14.9 Å². The van der Waals surface area contributed by atoms with Gasteiger partial charge in [-0.3, -0.25) is 14.5 Å². The summed E-state index contributed by atoms with van der Waals surface area (Å²) < 4.78 is 0. The number of amides is 2.